The number of rotatable bonds is 9. The van der Waals surface area contributed by atoms with E-state index in [2.05, 4.69) is 4.90 Å². The number of hydrazone groups is 1. The number of carbonyl (C=O) groups excluding carboxylic acids is 2. The van der Waals surface area contributed by atoms with Crippen LogP contribution in [0.2, 0.25) is 0 Å². The van der Waals surface area contributed by atoms with Crippen molar-refractivity contribution in [3.8, 4) is 5.75 Å². The number of benzene rings is 3. The predicted molar refractivity (Wildman–Crippen MR) is 150 cm³/mol. The molecule has 2 aliphatic rings. The molecule has 8 nitrogen and oxygen atoms in total. The quantitative estimate of drug-likeness (QED) is 0.407. The van der Waals surface area contributed by atoms with Crippen LogP contribution in [-0.4, -0.2) is 85.4 Å². The highest BCUT2D eigenvalue weighted by Gasteiger charge is 2.34. The molecule has 0 radical (unpaired) electrons. The van der Waals surface area contributed by atoms with Crippen molar-refractivity contribution in [2.24, 2.45) is 5.10 Å². The third-order valence-electron chi connectivity index (χ3n) is 7.25. The zero-order valence-electron chi connectivity index (χ0n) is 22.5. The van der Waals surface area contributed by atoms with Crippen molar-refractivity contribution in [3.63, 3.8) is 0 Å². The Morgan fingerprint density at radius 1 is 1.02 bits per heavy atom. The van der Waals surface area contributed by atoms with E-state index in [4.69, 9.17) is 14.6 Å². The van der Waals surface area contributed by atoms with Crippen molar-refractivity contribution in [2.75, 3.05) is 53.0 Å². The largest absolute Gasteiger partial charge is 0.497 e. The van der Waals surface area contributed by atoms with Gasteiger partial charge in [-0.1, -0.05) is 36.4 Å². The lowest BCUT2D eigenvalue weighted by atomic mass is 9.98. The van der Waals surface area contributed by atoms with E-state index < -0.39 is 11.7 Å². The van der Waals surface area contributed by atoms with Crippen molar-refractivity contribution >= 4 is 17.5 Å². The summed E-state index contributed by atoms with van der Waals surface area (Å²) in [6, 6.07) is 22.6. The summed E-state index contributed by atoms with van der Waals surface area (Å²) in [6.07, 6.45) is 0.535. The van der Waals surface area contributed by atoms with Gasteiger partial charge in [-0.2, -0.15) is 5.10 Å². The molecule has 3 aromatic carbocycles. The Hall–Kier alpha value is -4.08. The fraction of sp³-hybridized carbons (Fsp3) is 0.323. The molecular weight excluding hydrogens is 511 g/mol. The molecule has 9 heteroatoms. The Balaban J connectivity index is 1.40. The van der Waals surface area contributed by atoms with Crippen molar-refractivity contribution < 1.29 is 23.5 Å². The van der Waals surface area contributed by atoms with Crippen molar-refractivity contribution in [1.82, 2.24) is 14.8 Å². The SMILES string of the molecule is COc1ccc(C2=NN(C(=O)CN(CCN3CCOCC3)C(=O)c3cccc(F)c3)[C@@H](c3ccccc3)C2)cc1. The van der Waals surface area contributed by atoms with E-state index in [-0.39, 0.29) is 24.1 Å². The first-order valence-electron chi connectivity index (χ1n) is 13.5. The average Bonchev–Trinajstić information content (AvgIpc) is 3.46. The number of hydrogen-bond donors (Lipinski definition) is 0. The second-order valence-electron chi connectivity index (χ2n) is 9.84. The lowest BCUT2D eigenvalue weighted by Gasteiger charge is -2.31. The zero-order chi connectivity index (χ0) is 27.9. The summed E-state index contributed by atoms with van der Waals surface area (Å²) in [5.74, 6) is -0.454. The molecule has 0 spiro atoms. The minimum absolute atomic E-state index is 0.178. The predicted octanol–water partition coefficient (Wildman–Crippen LogP) is 3.99. The lowest BCUT2D eigenvalue weighted by Crippen LogP contribution is -2.46. The van der Waals surface area contributed by atoms with Gasteiger partial charge in [0.25, 0.3) is 11.8 Å². The average molecular weight is 545 g/mol. The van der Waals surface area contributed by atoms with Crippen LogP contribution in [0.5, 0.6) is 5.75 Å². The van der Waals surface area contributed by atoms with Gasteiger partial charge in [0.1, 0.15) is 18.1 Å². The van der Waals surface area contributed by atoms with Gasteiger partial charge in [-0.05, 0) is 53.6 Å². The Bertz CT molecular complexity index is 1340. The van der Waals surface area contributed by atoms with E-state index in [9.17, 15) is 14.0 Å². The van der Waals surface area contributed by atoms with Crippen LogP contribution in [0.1, 0.15) is 33.9 Å². The standard InChI is InChI=1S/C31H33FN4O4/c1-39-27-12-10-23(11-13-27)28-21-29(24-6-3-2-4-7-24)36(33-28)30(37)22-35(15-14-34-16-18-40-19-17-34)31(38)25-8-5-9-26(32)20-25/h2-13,20,29H,14-19,21-22H2,1H3/t29-/m1/s1. The molecule has 0 N–H and O–H groups in total. The molecule has 2 aliphatic heterocycles. The maximum Gasteiger partial charge on any atom is 0.262 e. The molecule has 3 aromatic rings. The second-order valence-corrected chi connectivity index (χ2v) is 9.84. The highest BCUT2D eigenvalue weighted by Crippen LogP contribution is 2.33. The van der Waals surface area contributed by atoms with Gasteiger partial charge in [-0.15, -0.1) is 0 Å². The molecule has 1 fully saturated rings. The van der Waals surface area contributed by atoms with Crippen LogP contribution >= 0.6 is 0 Å². The van der Waals surface area contributed by atoms with E-state index >= 15 is 0 Å². The van der Waals surface area contributed by atoms with Gasteiger partial charge in [0.2, 0.25) is 0 Å². The molecule has 1 saturated heterocycles. The van der Waals surface area contributed by atoms with Gasteiger partial charge >= 0.3 is 0 Å². The van der Waals surface area contributed by atoms with Gasteiger partial charge in [-0.25, -0.2) is 9.40 Å². The molecule has 2 amide bonds. The zero-order valence-corrected chi connectivity index (χ0v) is 22.5. The van der Waals surface area contributed by atoms with E-state index in [0.29, 0.717) is 32.7 Å². The van der Waals surface area contributed by atoms with Gasteiger partial charge in [0, 0.05) is 38.2 Å². The second kappa shape index (κ2) is 12.8. The molecule has 0 unspecified atom stereocenters. The normalized spacial score (nSPS) is 17.4. The number of ether oxygens (including phenoxy) is 2. The molecular formula is C31H33FN4O4. The monoisotopic (exact) mass is 544 g/mol. The van der Waals surface area contributed by atoms with Gasteiger partial charge in [-0.3, -0.25) is 14.5 Å². The number of nitrogens with zero attached hydrogens (tertiary/aromatic N) is 4. The van der Waals surface area contributed by atoms with Gasteiger partial charge in [0.15, 0.2) is 0 Å². The highest BCUT2D eigenvalue weighted by molar-refractivity contribution is 6.03. The van der Waals surface area contributed by atoms with Gasteiger partial charge < -0.3 is 14.4 Å². The van der Waals surface area contributed by atoms with E-state index in [1.165, 1.54) is 28.1 Å². The van der Waals surface area contributed by atoms with Crippen molar-refractivity contribution in [1.29, 1.82) is 0 Å². The minimum Gasteiger partial charge on any atom is -0.497 e. The number of halogens is 1. The van der Waals surface area contributed by atoms with Crippen LogP contribution in [0.3, 0.4) is 0 Å². The molecule has 2 heterocycles. The van der Waals surface area contributed by atoms with Crippen LogP contribution < -0.4 is 4.74 Å². The van der Waals surface area contributed by atoms with E-state index in [1.807, 2.05) is 54.6 Å². The molecule has 5 rings (SSSR count). The summed E-state index contributed by atoms with van der Waals surface area (Å²) in [4.78, 5) is 31.1. The smallest absolute Gasteiger partial charge is 0.262 e. The summed E-state index contributed by atoms with van der Waals surface area (Å²) in [7, 11) is 1.61. The highest BCUT2D eigenvalue weighted by atomic mass is 19.1. The first-order chi connectivity index (χ1) is 19.5. The Morgan fingerprint density at radius 2 is 1.77 bits per heavy atom. The molecule has 0 aromatic heterocycles. The van der Waals surface area contributed by atoms with E-state index in [0.717, 1.165) is 35.7 Å². The summed E-state index contributed by atoms with van der Waals surface area (Å²) >= 11 is 0. The number of hydrogen-bond acceptors (Lipinski definition) is 6. The Kier molecular flexibility index (Phi) is 8.83. The van der Waals surface area contributed by atoms with Crippen LogP contribution in [0.25, 0.3) is 0 Å². The number of methoxy groups -OCH3 is 1. The molecule has 0 saturated carbocycles. The van der Waals surface area contributed by atoms with Crippen molar-refractivity contribution in [2.45, 2.75) is 12.5 Å². The van der Waals surface area contributed by atoms with Crippen molar-refractivity contribution in [3.05, 3.63) is 101 Å². The van der Waals surface area contributed by atoms with E-state index in [1.54, 1.807) is 13.2 Å². The number of amides is 2. The van der Waals surface area contributed by atoms with Crippen LogP contribution in [0.15, 0.2) is 84.0 Å². The summed E-state index contributed by atoms with van der Waals surface area (Å²) in [5.41, 5.74) is 2.84. The number of carbonyl (C=O) groups is 2. The first kappa shape index (κ1) is 27.5. The maximum absolute atomic E-state index is 14.0. The molecule has 0 aliphatic carbocycles. The Labute approximate surface area is 233 Å². The topological polar surface area (TPSA) is 74.7 Å². The third-order valence-corrected chi connectivity index (χ3v) is 7.25. The third kappa shape index (κ3) is 6.55. The Morgan fingerprint density at radius 3 is 2.48 bits per heavy atom. The minimum atomic E-state index is -0.497. The fourth-order valence-corrected chi connectivity index (χ4v) is 5.01. The van der Waals surface area contributed by atoms with Crippen LogP contribution in [0.4, 0.5) is 4.39 Å². The number of morpholine rings is 1. The molecule has 1 atom stereocenters. The summed E-state index contributed by atoms with van der Waals surface area (Å²) in [5, 5.41) is 6.25. The fourth-order valence-electron chi connectivity index (χ4n) is 5.01. The first-order valence-corrected chi connectivity index (χ1v) is 13.5. The molecule has 0 bridgehead atoms. The van der Waals surface area contributed by atoms with Gasteiger partial charge in [0.05, 0.1) is 32.1 Å². The van der Waals surface area contributed by atoms with Crippen LogP contribution in [-0.2, 0) is 9.53 Å². The maximum atomic E-state index is 14.0. The lowest BCUT2D eigenvalue weighted by molar-refractivity contribution is -0.133. The summed E-state index contributed by atoms with van der Waals surface area (Å²) in [6.45, 7) is 3.50. The molecule has 40 heavy (non-hydrogen) atoms. The van der Waals surface area contributed by atoms with Crippen LogP contribution in [0, 0.1) is 5.82 Å². The summed E-state index contributed by atoms with van der Waals surface area (Å²) < 4.78 is 24.7. The molecule has 208 valence electrons.